The average molecular weight is 481 g/mol. The SMILES string of the molecule is Cn1c(SCC(=O)N2N=C(c3ccco3)CC2c2ccco2)nc2sc3c(c2c1=O)CCC3. The van der Waals surface area contributed by atoms with Gasteiger partial charge in [0.05, 0.1) is 23.7 Å². The van der Waals surface area contributed by atoms with Crippen LogP contribution in [0.15, 0.2) is 60.7 Å². The van der Waals surface area contributed by atoms with E-state index < -0.39 is 0 Å². The average Bonchev–Trinajstić information content (AvgIpc) is 3.62. The maximum absolute atomic E-state index is 13.2. The zero-order valence-corrected chi connectivity index (χ0v) is 19.4. The van der Waals surface area contributed by atoms with Gasteiger partial charge in [-0.05, 0) is 49.1 Å². The third kappa shape index (κ3) is 3.44. The Balaban J connectivity index is 1.27. The number of hydrogen-bond donors (Lipinski definition) is 0. The number of carbonyl (C=O) groups excluding carboxylic acids is 1. The lowest BCUT2D eigenvalue weighted by molar-refractivity contribution is -0.130. The molecule has 1 amide bonds. The van der Waals surface area contributed by atoms with Crippen molar-refractivity contribution in [2.45, 2.75) is 36.9 Å². The fraction of sp³-hybridized carbons (Fsp3) is 0.304. The van der Waals surface area contributed by atoms with Crippen LogP contribution in [0.2, 0.25) is 0 Å². The number of nitrogens with zero attached hydrogens (tertiary/aromatic N) is 4. The van der Waals surface area contributed by atoms with Crippen LogP contribution in [-0.2, 0) is 24.7 Å². The van der Waals surface area contributed by atoms with Crippen molar-refractivity contribution in [3.05, 3.63) is 69.1 Å². The van der Waals surface area contributed by atoms with Gasteiger partial charge in [-0.15, -0.1) is 11.3 Å². The molecule has 0 bridgehead atoms. The molecule has 0 saturated carbocycles. The Labute approximate surface area is 196 Å². The van der Waals surface area contributed by atoms with Gasteiger partial charge in [-0.2, -0.15) is 5.10 Å². The number of thioether (sulfide) groups is 1. The second-order valence-electron chi connectivity index (χ2n) is 8.08. The fourth-order valence-corrected chi connectivity index (χ4v) is 6.59. The standard InChI is InChI=1S/C23H20N4O4S2/c1-26-22(29)20-13-5-2-8-18(13)33-21(20)24-23(26)32-12-19(28)27-15(17-7-4-10-31-17)11-14(25-27)16-6-3-9-30-16/h3-4,6-7,9-10,15H,2,5,8,11-12H2,1H3. The normalized spacial score (nSPS) is 17.7. The number of aromatic nitrogens is 2. The molecule has 6 rings (SSSR count). The molecular formula is C23H20N4O4S2. The van der Waals surface area contributed by atoms with Crippen LogP contribution in [0.4, 0.5) is 0 Å². The van der Waals surface area contributed by atoms with Crippen molar-refractivity contribution in [1.29, 1.82) is 0 Å². The van der Waals surface area contributed by atoms with E-state index in [9.17, 15) is 9.59 Å². The highest BCUT2D eigenvalue weighted by Crippen LogP contribution is 2.36. The number of aryl methyl sites for hydroxylation is 2. The second kappa shape index (κ2) is 8.03. The molecule has 1 aliphatic heterocycles. The number of rotatable bonds is 5. The number of carbonyl (C=O) groups is 1. The Hall–Kier alpha value is -3.11. The van der Waals surface area contributed by atoms with Crippen LogP contribution in [0, 0.1) is 0 Å². The van der Waals surface area contributed by atoms with Gasteiger partial charge < -0.3 is 8.83 Å². The highest BCUT2D eigenvalue weighted by molar-refractivity contribution is 7.99. The summed E-state index contributed by atoms with van der Waals surface area (Å²) in [7, 11) is 1.72. The van der Waals surface area contributed by atoms with E-state index in [2.05, 4.69) is 5.10 Å². The largest absolute Gasteiger partial charge is 0.467 e. The first kappa shape index (κ1) is 20.5. The molecule has 0 N–H and O–H groups in total. The molecule has 8 nitrogen and oxygen atoms in total. The maximum atomic E-state index is 13.2. The summed E-state index contributed by atoms with van der Waals surface area (Å²) in [6.07, 6.45) is 6.73. The van der Waals surface area contributed by atoms with E-state index in [0.717, 1.165) is 35.0 Å². The predicted molar refractivity (Wildman–Crippen MR) is 126 cm³/mol. The monoisotopic (exact) mass is 480 g/mol. The first-order chi connectivity index (χ1) is 16.1. The van der Waals surface area contributed by atoms with Crippen molar-refractivity contribution in [3.63, 3.8) is 0 Å². The maximum Gasteiger partial charge on any atom is 0.262 e. The first-order valence-electron chi connectivity index (χ1n) is 10.7. The van der Waals surface area contributed by atoms with Crippen molar-refractivity contribution in [2.75, 3.05) is 5.75 Å². The van der Waals surface area contributed by atoms with E-state index in [1.807, 2.05) is 12.1 Å². The Bertz CT molecular complexity index is 1430. The minimum atomic E-state index is -0.340. The summed E-state index contributed by atoms with van der Waals surface area (Å²) >= 11 is 2.86. The number of hydrogen-bond acceptors (Lipinski definition) is 8. The molecule has 1 atom stereocenters. The highest BCUT2D eigenvalue weighted by Gasteiger charge is 2.35. The number of furan rings is 2. The van der Waals surface area contributed by atoms with Crippen molar-refractivity contribution < 1.29 is 13.6 Å². The van der Waals surface area contributed by atoms with Gasteiger partial charge in [0, 0.05) is 18.3 Å². The summed E-state index contributed by atoms with van der Waals surface area (Å²) in [6, 6.07) is 6.92. The summed E-state index contributed by atoms with van der Waals surface area (Å²) in [5, 5.41) is 7.29. The van der Waals surface area contributed by atoms with Crippen LogP contribution in [0.5, 0.6) is 0 Å². The molecule has 0 radical (unpaired) electrons. The molecule has 33 heavy (non-hydrogen) atoms. The van der Waals surface area contributed by atoms with Gasteiger partial charge in [-0.1, -0.05) is 11.8 Å². The topological polar surface area (TPSA) is 93.8 Å². The van der Waals surface area contributed by atoms with Crippen LogP contribution in [0.25, 0.3) is 10.2 Å². The van der Waals surface area contributed by atoms with Gasteiger partial charge in [0.25, 0.3) is 11.5 Å². The first-order valence-corrected chi connectivity index (χ1v) is 12.5. The molecule has 0 aromatic carbocycles. The molecule has 1 unspecified atom stereocenters. The van der Waals surface area contributed by atoms with E-state index >= 15 is 0 Å². The van der Waals surface area contributed by atoms with Crippen LogP contribution in [-0.4, -0.2) is 31.9 Å². The highest BCUT2D eigenvalue weighted by atomic mass is 32.2. The molecular weight excluding hydrogens is 460 g/mol. The Morgan fingerprint density at radius 2 is 2.09 bits per heavy atom. The summed E-state index contributed by atoms with van der Waals surface area (Å²) in [6.45, 7) is 0. The molecule has 10 heteroatoms. The predicted octanol–water partition coefficient (Wildman–Crippen LogP) is 4.14. The molecule has 4 aromatic heterocycles. The molecule has 5 heterocycles. The van der Waals surface area contributed by atoms with E-state index in [4.69, 9.17) is 13.8 Å². The van der Waals surface area contributed by atoms with E-state index in [1.165, 1.54) is 21.6 Å². The van der Waals surface area contributed by atoms with Gasteiger partial charge in [-0.25, -0.2) is 9.99 Å². The molecule has 168 valence electrons. The number of fused-ring (bicyclic) bond motifs is 3. The van der Waals surface area contributed by atoms with E-state index in [1.54, 1.807) is 47.6 Å². The Kier molecular flexibility index (Phi) is 4.99. The summed E-state index contributed by atoms with van der Waals surface area (Å²) < 4.78 is 12.6. The molecule has 0 spiro atoms. The number of thiophene rings is 1. The third-order valence-electron chi connectivity index (χ3n) is 6.07. The summed E-state index contributed by atoms with van der Waals surface area (Å²) in [4.78, 5) is 33.0. The van der Waals surface area contributed by atoms with Gasteiger partial charge >= 0.3 is 0 Å². The zero-order valence-electron chi connectivity index (χ0n) is 17.8. The summed E-state index contributed by atoms with van der Waals surface area (Å²) in [5.41, 5.74) is 1.82. The van der Waals surface area contributed by atoms with Crippen LogP contribution < -0.4 is 5.56 Å². The van der Waals surface area contributed by atoms with Crippen molar-refractivity contribution in [3.8, 4) is 0 Å². The van der Waals surface area contributed by atoms with Crippen LogP contribution in [0.3, 0.4) is 0 Å². The minimum absolute atomic E-state index is 0.0397. The van der Waals surface area contributed by atoms with E-state index in [-0.39, 0.29) is 23.3 Å². The lowest BCUT2D eigenvalue weighted by Gasteiger charge is -2.19. The van der Waals surface area contributed by atoms with Crippen LogP contribution in [0.1, 0.15) is 40.8 Å². The molecule has 1 aliphatic carbocycles. The number of hydrazone groups is 1. The molecule has 0 fully saturated rings. The van der Waals surface area contributed by atoms with Gasteiger partial charge in [-0.3, -0.25) is 14.2 Å². The van der Waals surface area contributed by atoms with Crippen molar-refractivity contribution in [1.82, 2.24) is 14.6 Å². The fourth-order valence-electron chi connectivity index (χ4n) is 4.46. The van der Waals surface area contributed by atoms with Gasteiger partial charge in [0.2, 0.25) is 0 Å². The lowest BCUT2D eigenvalue weighted by Crippen LogP contribution is -2.29. The van der Waals surface area contributed by atoms with Crippen molar-refractivity contribution in [2.24, 2.45) is 12.1 Å². The summed E-state index contributed by atoms with van der Waals surface area (Å²) in [5.74, 6) is 1.21. The Morgan fingerprint density at radius 1 is 1.24 bits per heavy atom. The second-order valence-corrected chi connectivity index (χ2v) is 10.1. The van der Waals surface area contributed by atoms with E-state index in [0.29, 0.717) is 28.8 Å². The Morgan fingerprint density at radius 3 is 2.88 bits per heavy atom. The zero-order chi connectivity index (χ0) is 22.5. The molecule has 4 aromatic rings. The lowest BCUT2D eigenvalue weighted by atomic mass is 10.1. The van der Waals surface area contributed by atoms with Crippen molar-refractivity contribution >= 4 is 44.9 Å². The number of amides is 1. The molecule has 2 aliphatic rings. The van der Waals surface area contributed by atoms with Gasteiger partial charge in [0.15, 0.2) is 5.16 Å². The quantitative estimate of drug-likeness (QED) is 0.315. The molecule has 0 saturated heterocycles. The van der Waals surface area contributed by atoms with Crippen LogP contribution >= 0.6 is 23.1 Å². The van der Waals surface area contributed by atoms with Gasteiger partial charge in [0.1, 0.15) is 28.1 Å². The third-order valence-corrected chi connectivity index (χ3v) is 8.27. The minimum Gasteiger partial charge on any atom is -0.467 e. The smallest absolute Gasteiger partial charge is 0.262 e.